The highest BCUT2D eigenvalue weighted by Crippen LogP contribution is 2.68. The molecule has 0 bridgehead atoms. The van der Waals surface area contributed by atoms with Crippen molar-refractivity contribution in [2.75, 3.05) is 0 Å². The van der Waals surface area contributed by atoms with Crippen LogP contribution >= 0.6 is 0 Å². The largest absolute Gasteiger partial charge is 0.481 e. The molecule has 7 nitrogen and oxygen atoms in total. The number of fused-ring (bicyclic) bond motifs is 5. The van der Waals surface area contributed by atoms with Crippen LogP contribution in [0.5, 0.6) is 0 Å². The Kier molecular flexibility index (Phi) is 5.88. The van der Waals surface area contributed by atoms with Gasteiger partial charge >= 0.3 is 17.9 Å². The number of carboxylic acids is 1. The van der Waals surface area contributed by atoms with Gasteiger partial charge in [0.1, 0.15) is 6.10 Å². The molecule has 0 heterocycles. The summed E-state index contributed by atoms with van der Waals surface area (Å²) in [5, 5.41) is 21.5. The molecule has 4 fully saturated rings. The first kappa shape index (κ1) is 23.5. The Hall–Kier alpha value is -1.63. The van der Waals surface area contributed by atoms with Gasteiger partial charge in [-0.1, -0.05) is 6.92 Å². The predicted octanol–water partition coefficient (Wildman–Crippen LogP) is 3.91. The molecule has 7 heteroatoms. The lowest BCUT2D eigenvalue weighted by molar-refractivity contribution is -0.247. The minimum absolute atomic E-state index is 0.00138. The summed E-state index contributed by atoms with van der Waals surface area (Å²) < 4.78 is 10.8. The first-order chi connectivity index (χ1) is 14.9. The molecule has 4 rings (SSSR count). The van der Waals surface area contributed by atoms with Gasteiger partial charge < -0.3 is 19.7 Å². The van der Waals surface area contributed by atoms with Crippen molar-refractivity contribution in [1.29, 1.82) is 0 Å². The first-order valence-electron chi connectivity index (χ1n) is 12.2. The van der Waals surface area contributed by atoms with Gasteiger partial charge in [-0.25, -0.2) is 0 Å². The molecule has 0 aromatic carbocycles. The molecule has 0 aromatic heterocycles. The lowest BCUT2D eigenvalue weighted by Gasteiger charge is -2.61. The Morgan fingerprint density at radius 1 is 0.938 bits per heavy atom. The number of carboxylic acid groups (broad SMARTS) is 1. The average Bonchev–Trinajstić information content (AvgIpc) is 3.09. The molecule has 2 N–H and O–H groups in total. The zero-order valence-corrected chi connectivity index (χ0v) is 19.8. The number of aliphatic carboxylic acids is 1. The van der Waals surface area contributed by atoms with Crippen LogP contribution in [0.3, 0.4) is 0 Å². The van der Waals surface area contributed by atoms with Gasteiger partial charge in [0, 0.05) is 26.7 Å². The van der Waals surface area contributed by atoms with Crippen LogP contribution in [0.4, 0.5) is 0 Å². The fourth-order valence-corrected chi connectivity index (χ4v) is 8.76. The lowest BCUT2D eigenvalue weighted by Crippen LogP contribution is -2.59. The van der Waals surface area contributed by atoms with E-state index < -0.39 is 29.1 Å². The first-order valence-corrected chi connectivity index (χ1v) is 12.2. The highest BCUT2D eigenvalue weighted by molar-refractivity contribution is 5.77. The van der Waals surface area contributed by atoms with E-state index in [1.165, 1.54) is 20.8 Å². The van der Waals surface area contributed by atoms with Crippen molar-refractivity contribution in [1.82, 2.24) is 0 Å². The standard InChI is InChI=1S/C25H38O7/c1-14(26)31-17-9-11-23(3)16(13-17)5-6-18-19(23)10-12-25(22(28)29)20(18)7-8-21(25)24(4,30)32-15(2)27/h16-21,30H,5-13H2,1-4H3,(H,28,29)/t16-,17+,18+,19-,20-,21+,23-,24+,25+/m0/s1. The maximum Gasteiger partial charge on any atom is 0.310 e. The highest BCUT2D eigenvalue weighted by Gasteiger charge is 2.68. The van der Waals surface area contributed by atoms with Crippen molar-refractivity contribution in [3.05, 3.63) is 0 Å². The molecule has 32 heavy (non-hydrogen) atoms. The van der Waals surface area contributed by atoms with Crippen LogP contribution < -0.4 is 0 Å². The molecule has 0 amide bonds. The van der Waals surface area contributed by atoms with Gasteiger partial charge in [-0.3, -0.25) is 14.4 Å². The Morgan fingerprint density at radius 3 is 2.28 bits per heavy atom. The molecule has 0 radical (unpaired) electrons. The third-order valence-corrected chi connectivity index (χ3v) is 9.86. The number of esters is 2. The summed E-state index contributed by atoms with van der Waals surface area (Å²) in [5.41, 5.74) is -0.932. The van der Waals surface area contributed by atoms with Gasteiger partial charge in [-0.15, -0.1) is 0 Å². The molecule has 0 aromatic rings. The minimum atomic E-state index is -1.78. The van der Waals surface area contributed by atoms with Crippen LogP contribution in [-0.4, -0.2) is 40.0 Å². The zero-order valence-electron chi connectivity index (χ0n) is 19.8. The van der Waals surface area contributed by atoms with Crippen molar-refractivity contribution in [3.8, 4) is 0 Å². The van der Waals surface area contributed by atoms with Gasteiger partial charge in [-0.2, -0.15) is 0 Å². The molecule has 0 spiro atoms. The highest BCUT2D eigenvalue weighted by atomic mass is 16.7. The van der Waals surface area contributed by atoms with Gasteiger partial charge in [0.2, 0.25) is 5.79 Å². The van der Waals surface area contributed by atoms with E-state index >= 15 is 0 Å². The second-order valence-electron chi connectivity index (χ2n) is 11.3. The molecule has 0 aliphatic heterocycles. The van der Waals surface area contributed by atoms with Crippen LogP contribution in [0.1, 0.15) is 85.5 Å². The van der Waals surface area contributed by atoms with Crippen LogP contribution in [0.15, 0.2) is 0 Å². The summed E-state index contributed by atoms with van der Waals surface area (Å²) in [4.78, 5) is 35.8. The summed E-state index contributed by atoms with van der Waals surface area (Å²) in [6.07, 6.45) is 7.37. The zero-order chi connectivity index (χ0) is 23.5. The van der Waals surface area contributed by atoms with Crippen molar-refractivity contribution in [2.24, 2.45) is 40.4 Å². The van der Waals surface area contributed by atoms with Gasteiger partial charge in [-0.05, 0) is 86.9 Å². The number of hydrogen-bond acceptors (Lipinski definition) is 6. The van der Waals surface area contributed by atoms with Crippen molar-refractivity contribution in [2.45, 2.75) is 97.4 Å². The topological polar surface area (TPSA) is 110 Å². The van der Waals surface area contributed by atoms with E-state index in [1.54, 1.807) is 0 Å². The van der Waals surface area contributed by atoms with Crippen molar-refractivity contribution < 1.29 is 34.1 Å². The van der Waals surface area contributed by atoms with Gasteiger partial charge in [0.25, 0.3) is 0 Å². The Labute approximate surface area is 190 Å². The molecule has 4 aliphatic carbocycles. The smallest absolute Gasteiger partial charge is 0.310 e. The second kappa shape index (κ2) is 8.00. The van der Waals surface area contributed by atoms with E-state index in [-0.39, 0.29) is 23.4 Å². The van der Waals surface area contributed by atoms with E-state index in [9.17, 15) is 24.6 Å². The quantitative estimate of drug-likeness (QED) is 0.493. The molecule has 180 valence electrons. The maximum atomic E-state index is 12.8. The summed E-state index contributed by atoms with van der Waals surface area (Å²) in [5.74, 6) is -2.85. The Balaban J connectivity index is 1.60. The van der Waals surface area contributed by atoms with Crippen LogP contribution in [0, 0.1) is 40.4 Å². The summed E-state index contributed by atoms with van der Waals surface area (Å²) in [6, 6.07) is 0. The number of ether oxygens (including phenoxy) is 2. The molecule has 0 saturated heterocycles. The van der Waals surface area contributed by atoms with E-state index in [1.807, 2.05) is 0 Å². The second-order valence-corrected chi connectivity index (χ2v) is 11.3. The SMILES string of the molecule is CC(=O)O[C@@H]1CC[C@@]2(C)[C@@H](CC[C@@H]3[C@@H]2CC[C@@]2(C(=O)O)[C@H]3CC[C@@H]2[C@](C)(O)OC(C)=O)C1. The van der Waals surface area contributed by atoms with E-state index in [0.717, 1.165) is 44.9 Å². The van der Waals surface area contributed by atoms with E-state index in [4.69, 9.17) is 9.47 Å². The number of carbonyl (C=O) groups excluding carboxylic acids is 2. The average molecular weight is 451 g/mol. The van der Waals surface area contributed by atoms with Gasteiger partial charge in [0.05, 0.1) is 5.41 Å². The summed E-state index contributed by atoms with van der Waals surface area (Å²) in [6.45, 7) is 6.54. The normalized spacial score (nSPS) is 44.9. The van der Waals surface area contributed by atoms with Crippen molar-refractivity contribution in [3.63, 3.8) is 0 Å². The fraction of sp³-hybridized carbons (Fsp3) is 0.880. The van der Waals surface area contributed by atoms with Crippen LogP contribution in [-0.2, 0) is 23.9 Å². The van der Waals surface area contributed by atoms with Gasteiger partial charge in [0.15, 0.2) is 0 Å². The Bertz CT molecular complexity index is 791. The van der Waals surface area contributed by atoms with Crippen LogP contribution in [0.2, 0.25) is 0 Å². The number of rotatable bonds is 4. The molecule has 4 aliphatic rings. The van der Waals surface area contributed by atoms with Crippen LogP contribution in [0.25, 0.3) is 0 Å². The molecular formula is C25H38O7. The Morgan fingerprint density at radius 2 is 1.66 bits per heavy atom. The number of carbonyl (C=O) groups is 3. The lowest BCUT2D eigenvalue weighted by atomic mass is 9.44. The summed E-state index contributed by atoms with van der Waals surface area (Å²) >= 11 is 0. The monoisotopic (exact) mass is 450 g/mol. The molecular weight excluding hydrogens is 412 g/mol. The number of aliphatic hydroxyl groups is 1. The third kappa shape index (κ3) is 3.55. The number of hydrogen-bond donors (Lipinski definition) is 2. The maximum absolute atomic E-state index is 12.8. The molecule has 0 unspecified atom stereocenters. The molecule has 4 saturated carbocycles. The van der Waals surface area contributed by atoms with E-state index in [0.29, 0.717) is 30.6 Å². The van der Waals surface area contributed by atoms with E-state index in [2.05, 4.69) is 6.92 Å². The molecule has 9 atom stereocenters. The fourth-order valence-electron chi connectivity index (χ4n) is 8.76. The summed E-state index contributed by atoms with van der Waals surface area (Å²) in [7, 11) is 0. The third-order valence-electron chi connectivity index (χ3n) is 9.86. The predicted molar refractivity (Wildman–Crippen MR) is 115 cm³/mol. The van der Waals surface area contributed by atoms with Crippen molar-refractivity contribution >= 4 is 17.9 Å². The minimum Gasteiger partial charge on any atom is -0.481 e.